The smallest absolute Gasteiger partial charge is 0.330 e. The lowest BCUT2D eigenvalue weighted by atomic mass is 10.1. The van der Waals surface area contributed by atoms with Gasteiger partial charge in [-0.05, 0) is 49.2 Å². The van der Waals surface area contributed by atoms with E-state index in [2.05, 4.69) is 82.7 Å². The summed E-state index contributed by atoms with van der Waals surface area (Å²) >= 11 is 0. The summed E-state index contributed by atoms with van der Waals surface area (Å²) in [6, 6.07) is 10.6. The highest BCUT2D eigenvalue weighted by Crippen LogP contribution is 2.38. The van der Waals surface area contributed by atoms with Gasteiger partial charge in [0.05, 0.1) is 12.7 Å². The molecule has 1 aromatic rings. The number of hydrogen-bond donors (Lipinski definition) is 0. The van der Waals surface area contributed by atoms with Crippen LogP contribution in [0.25, 0.3) is 0 Å². The summed E-state index contributed by atoms with van der Waals surface area (Å²) in [7, 11) is -3.76. The SMILES string of the molecule is CCOC(=O)/C=C(\C)C(CCC#C[Si](C)(C)c1ccccc1)O[Si](C)(C)C(C)(C)C. The van der Waals surface area contributed by atoms with Gasteiger partial charge >= 0.3 is 5.97 Å². The quantitative estimate of drug-likeness (QED) is 0.219. The predicted molar refractivity (Wildman–Crippen MR) is 133 cm³/mol. The first-order chi connectivity index (χ1) is 13.8. The predicted octanol–water partition coefficient (Wildman–Crippen LogP) is 5.82. The molecule has 3 nitrogen and oxygen atoms in total. The topological polar surface area (TPSA) is 35.5 Å². The number of carbonyl (C=O) groups is 1. The standard InChI is InChI=1S/C25H40O3Si2/c1-10-27-24(26)20-21(2)23(28-30(8,9)25(3,4)5)18-14-15-19-29(6,7)22-16-12-11-13-17-22/h11-13,16-17,20,23H,10,14,18H2,1-9H3/b21-20+. The molecule has 0 bridgehead atoms. The van der Waals surface area contributed by atoms with E-state index in [0.29, 0.717) is 6.61 Å². The average molecular weight is 445 g/mol. The molecule has 0 aliphatic carbocycles. The van der Waals surface area contributed by atoms with Crippen molar-refractivity contribution in [3.63, 3.8) is 0 Å². The summed E-state index contributed by atoms with van der Waals surface area (Å²) < 4.78 is 11.8. The number of hydrogen-bond acceptors (Lipinski definition) is 3. The Kier molecular flexibility index (Phi) is 9.80. The van der Waals surface area contributed by atoms with Crippen LogP contribution >= 0.6 is 0 Å². The summed E-state index contributed by atoms with van der Waals surface area (Å²) in [4.78, 5) is 12.0. The van der Waals surface area contributed by atoms with E-state index >= 15 is 0 Å². The monoisotopic (exact) mass is 444 g/mol. The molecule has 0 heterocycles. The summed E-state index contributed by atoms with van der Waals surface area (Å²) in [5, 5.41) is 1.45. The number of ether oxygens (including phenoxy) is 1. The zero-order valence-corrected chi connectivity index (χ0v) is 22.4. The number of rotatable bonds is 8. The first-order valence-electron chi connectivity index (χ1n) is 10.9. The first kappa shape index (κ1) is 26.4. The van der Waals surface area contributed by atoms with Gasteiger partial charge in [-0.15, -0.1) is 11.5 Å². The van der Waals surface area contributed by atoms with E-state index in [4.69, 9.17) is 9.16 Å². The molecule has 1 atom stereocenters. The Morgan fingerprint density at radius 1 is 1.13 bits per heavy atom. The summed E-state index contributed by atoms with van der Waals surface area (Å²) in [5.41, 5.74) is 4.47. The van der Waals surface area contributed by atoms with E-state index in [0.717, 1.165) is 18.4 Å². The fourth-order valence-electron chi connectivity index (χ4n) is 2.79. The zero-order chi connectivity index (χ0) is 23.0. The van der Waals surface area contributed by atoms with Gasteiger partial charge in [0.25, 0.3) is 0 Å². The normalized spacial score (nSPS) is 14.0. The van der Waals surface area contributed by atoms with Crippen molar-refractivity contribution >= 4 is 27.5 Å². The Morgan fingerprint density at radius 3 is 2.27 bits per heavy atom. The number of esters is 1. The van der Waals surface area contributed by atoms with Crippen molar-refractivity contribution in [2.75, 3.05) is 6.61 Å². The largest absolute Gasteiger partial charge is 0.463 e. The van der Waals surface area contributed by atoms with Crippen LogP contribution in [-0.4, -0.2) is 35.1 Å². The maximum absolute atomic E-state index is 12.0. The van der Waals surface area contributed by atoms with Gasteiger partial charge in [-0.2, -0.15) is 0 Å². The lowest BCUT2D eigenvalue weighted by Crippen LogP contribution is -2.44. The first-order valence-corrected chi connectivity index (χ1v) is 16.8. The molecule has 166 valence electrons. The second-order valence-corrected chi connectivity index (χ2v) is 18.7. The van der Waals surface area contributed by atoms with Gasteiger partial charge in [0.2, 0.25) is 0 Å². The van der Waals surface area contributed by atoms with Crippen molar-refractivity contribution in [3.8, 4) is 11.5 Å². The second-order valence-electron chi connectivity index (χ2n) is 9.84. The highest BCUT2D eigenvalue weighted by atomic mass is 28.4. The van der Waals surface area contributed by atoms with Crippen molar-refractivity contribution in [3.05, 3.63) is 42.0 Å². The van der Waals surface area contributed by atoms with Crippen molar-refractivity contribution in [2.45, 2.75) is 84.8 Å². The fourth-order valence-corrected chi connectivity index (χ4v) is 5.89. The molecule has 0 aliphatic rings. The third kappa shape index (κ3) is 8.25. The van der Waals surface area contributed by atoms with Gasteiger partial charge in [-0.25, -0.2) is 4.79 Å². The van der Waals surface area contributed by atoms with Crippen molar-refractivity contribution < 1.29 is 14.0 Å². The maximum atomic E-state index is 12.0. The minimum Gasteiger partial charge on any atom is -0.463 e. The molecule has 0 fully saturated rings. The van der Waals surface area contributed by atoms with Crippen LogP contribution in [0, 0.1) is 11.5 Å². The molecule has 0 saturated carbocycles. The van der Waals surface area contributed by atoms with Crippen LogP contribution in [0.15, 0.2) is 42.0 Å². The van der Waals surface area contributed by atoms with E-state index in [-0.39, 0.29) is 17.1 Å². The molecule has 0 aromatic heterocycles. The van der Waals surface area contributed by atoms with Crippen LogP contribution in [-0.2, 0) is 14.0 Å². The molecule has 0 aliphatic heterocycles. The molecule has 1 rings (SSSR count). The highest BCUT2D eigenvalue weighted by molar-refractivity contribution is 6.96. The molecule has 0 saturated heterocycles. The second kappa shape index (κ2) is 11.1. The maximum Gasteiger partial charge on any atom is 0.330 e. The Bertz CT molecular complexity index is 778. The van der Waals surface area contributed by atoms with Gasteiger partial charge in [-0.1, -0.05) is 64.2 Å². The summed E-state index contributed by atoms with van der Waals surface area (Å²) in [6.45, 7) is 19.9. The fraction of sp³-hybridized carbons (Fsp3) is 0.560. The van der Waals surface area contributed by atoms with Crippen molar-refractivity contribution in [1.29, 1.82) is 0 Å². The Balaban J connectivity index is 2.98. The van der Waals surface area contributed by atoms with Crippen molar-refractivity contribution in [1.82, 2.24) is 0 Å². The van der Waals surface area contributed by atoms with E-state index in [1.807, 2.05) is 19.9 Å². The minimum absolute atomic E-state index is 0.101. The Morgan fingerprint density at radius 2 is 1.73 bits per heavy atom. The molecule has 1 unspecified atom stereocenters. The van der Waals surface area contributed by atoms with E-state index < -0.39 is 16.4 Å². The molecule has 0 amide bonds. The highest BCUT2D eigenvalue weighted by Gasteiger charge is 2.39. The molecular formula is C25H40O3Si2. The number of carbonyl (C=O) groups excluding carboxylic acids is 1. The minimum atomic E-state index is -1.98. The Labute approximate surface area is 186 Å². The third-order valence-electron chi connectivity index (χ3n) is 5.81. The molecule has 5 heteroatoms. The van der Waals surface area contributed by atoms with Gasteiger partial charge in [0.15, 0.2) is 16.4 Å². The van der Waals surface area contributed by atoms with Crippen LogP contribution in [0.4, 0.5) is 0 Å². The van der Waals surface area contributed by atoms with E-state index in [1.54, 1.807) is 6.08 Å². The van der Waals surface area contributed by atoms with E-state index in [1.165, 1.54) is 5.19 Å². The molecule has 1 aromatic carbocycles. The molecule has 0 radical (unpaired) electrons. The van der Waals surface area contributed by atoms with E-state index in [9.17, 15) is 4.79 Å². The van der Waals surface area contributed by atoms with Crippen LogP contribution in [0.1, 0.15) is 47.5 Å². The van der Waals surface area contributed by atoms with Gasteiger partial charge in [0, 0.05) is 12.5 Å². The molecule has 30 heavy (non-hydrogen) atoms. The van der Waals surface area contributed by atoms with Crippen LogP contribution < -0.4 is 5.19 Å². The third-order valence-corrected chi connectivity index (χ3v) is 12.9. The van der Waals surface area contributed by atoms with Gasteiger partial charge < -0.3 is 9.16 Å². The Hall–Kier alpha value is -1.62. The van der Waals surface area contributed by atoms with Gasteiger partial charge in [0.1, 0.15) is 0 Å². The van der Waals surface area contributed by atoms with Crippen molar-refractivity contribution in [2.24, 2.45) is 0 Å². The van der Waals surface area contributed by atoms with Crippen LogP contribution in [0.3, 0.4) is 0 Å². The molecule has 0 spiro atoms. The zero-order valence-electron chi connectivity index (χ0n) is 20.4. The lowest BCUT2D eigenvalue weighted by Gasteiger charge is -2.39. The van der Waals surface area contributed by atoms with Gasteiger partial charge in [-0.3, -0.25) is 0 Å². The lowest BCUT2D eigenvalue weighted by molar-refractivity contribution is -0.137. The number of benzene rings is 1. The van der Waals surface area contributed by atoms with Crippen LogP contribution in [0.5, 0.6) is 0 Å². The molecule has 0 N–H and O–H groups in total. The summed E-state index contributed by atoms with van der Waals surface area (Å²) in [5.74, 6) is 3.11. The summed E-state index contributed by atoms with van der Waals surface area (Å²) in [6.07, 6.45) is 2.99. The van der Waals surface area contributed by atoms with Crippen LogP contribution in [0.2, 0.25) is 31.2 Å². The molecular weight excluding hydrogens is 404 g/mol. The average Bonchev–Trinajstić information content (AvgIpc) is 2.64.